The fourth-order valence-electron chi connectivity index (χ4n) is 1.76. The highest BCUT2D eigenvalue weighted by Gasteiger charge is 2.10. The Morgan fingerprint density at radius 3 is 2.90 bits per heavy atom. The molecule has 1 N–H and O–H groups in total. The molecule has 112 valence electrons. The van der Waals surface area contributed by atoms with Crippen molar-refractivity contribution in [1.29, 1.82) is 0 Å². The SMILES string of the molecule is CCOC(=O)CCCNC(=O)c1cccn1CCOC. The van der Waals surface area contributed by atoms with Gasteiger partial charge in [0.05, 0.1) is 13.2 Å². The zero-order chi connectivity index (χ0) is 14.8. The maximum Gasteiger partial charge on any atom is 0.305 e. The Morgan fingerprint density at radius 2 is 2.20 bits per heavy atom. The molecule has 0 fully saturated rings. The van der Waals surface area contributed by atoms with Crippen molar-refractivity contribution in [2.24, 2.45) is 0 Å². The molecule has 0 saturated carbocycles. The second kappa shape index (κ2) is 9.14. The molecule has 1 aromatic rings. The molecule has 0 aliphatic heterocycles. The number of carbonyl (C=O) groups is 2. The van der Waals surface area contributed by atoms with Crippen molar-refractivity contribution in [3.8, 4) is 0 Å². The average Bonchev–Trinajstić information content (AvgIpc) is 2.90. The minimum atomic E-state index is -0.231. The van der Waals surface area contributed by atoms with Gasteiger partial charge in [-0.25, -0.2) is 0 Å². The van der Waals surface area contributed by atoms with Crippen LogP contribution in [0.1, 0.15) is 30.3 Å². The number of hydrogen-bond acceptors (Lipinski definition) is 4. The Labute approximate surface area is 119 Å². The molecule has 1 heterocycles. The molecule has 0 bridgehead atoms. The first-order valence-corrected chi connectivity index (χ1v) is 6.77. The minimum Gasteiger partial charge on any atom is -0.466 e. The van der Waals surface area contributed by atoms with E-state index >= 15 is 0 Å². The molecule has 6 nitrogen and oxygen atoms in total. The van der Waals surface area contributed by atoms with Crippen LogP contribution in [0.15, 0.2) is 18.3 Å². The lowest BCUT2D eigenvalue weighted by molar-refractivity contribution is -0.143. The van der Waals surface area contributed by atoms with Crippen molar-refractivity contribution in [3.05, 3.63) is 24.0 Å². The predicted octanol–water partition coefficient (Wildman–Crippen LogP) is 1.21. The standard InChI is InChI=1S/C14H22N2O4/c1-3-20-13(17)7-4-8-15-14(18)12-6-5-9-16(12)10-11-19-2/h5-6,9H,3-4,7-8,10-11H2,1-2H3,(H,15,18). The Balaban J connectivity index is 2.32. The molecule has 0 atom stereocenters. The molecular formula is C14H22N2O4. The Hall–Kier alpha value is -1.82. The van der Waals surface area contributed by atoms with Crippen LogP contribution in [0.4, 0.5) is 0 Å². The first-order valence-electron chi connectivity index (χ1n) is 6.77. The largest absolute Gasteiger partial charge is 0.466 e. The van der Waals surface area contributed by atoms with Gasteiger partial charge < -0.3 is 19.4 Å². The topological polar surface area (TPSA) is 69.6 Å². The number of ether oxygens (including phenoxy) is 2. The van der Waals surface area contributed by atoms with Gasteiger partial charge in [-0.2, -0.15) is 0 Å². The van der Waals surface area contributed by atoms with Crippen LogP contribution >= 0.6 is 0 Å². The highest BCUT2D eigenvalue weighted by atomic mass is 16.5. The summed E-state index contributed by atoms with van der Waals surface area (Å²) in [5.41, 5.74) is 0.596. The van der Waals surface area contributed by atoms with Gasteiger partial charge in [-0.05, 0) is 25.5 Å². The molecule has 0 saturated heterocycles. The lowest BCUT2D eigenvalue weighted by atomic mass is 10.3. The summed E-state index contributed by atoms with van der Waals surface area (Å²) in [6, 6.07) is 3.58. The van der Waals surface area contributed by atoms with Crippen LogP contribution in [0.5, 0.6) is 0 Å². The molecule has 0 aliphatic carbocycles. The molecule has 0 radical (unpaired) electrons. The van der Waals surface area contributed by atoms with Crippen molar-refractivity contribution in [2.75, 3.05) is 26.9 Å². The van der Waals surface area contributed by atoms with E-state index in [1.54, 1.807) is 20.1 Å². The lowest BCUT2D eigenvalue weighted by Crippen LogP contribution is -2.27. The zero-order valence-electron chi connectivity index (χ0n) is 12.1. The van der Waals surface area contributed by atoms with Crippen LogP contribution in [-0.2, 0) is 20.8 Å². The second-order valence-corrected chi connectivity index (χ2v) is 4.24. The number of methoxy groups -OCH3 is 1. The fourth-order valence-corrected chi connectivity index (χ4v) is 1.76. The molecule has 6 heteroatoms. The third-order valence-corrected chi connectivity index (χ3v) is 2.75. The summed E-state index contributed by atoms with van der Waals surface area (Å²) in [5.74, 6) is -0.375. The summed E-state index contributed by atoms with van der Waals surface area (Å²) < 4.78 is 11.6. The number of esters is 1. The summed E-state index contributed by atoms with van der Waals surface area (Å²) in [7, 11) is 1.62. The predicted molar refractivity (Wildman–Crippen MR) is 74.5 cm³/mol. The van der Waals surface area contributed by atoms with E-state index in [9.17, 15) is 9.59 Å². The summed E-state index contributed by atoms with van der Waals surface area (Å²) in [5, 5.41) is 2.79. The van der Waals surface area contributed by atoms with Crippen molar-refractivity contribution in [3.63, 3.8) is 0 Å². The van der Waals surface area contributed by atoms with E-state index in [1.807, 2.05) is 16.8 Å². The average molecular weight is 282 g/mol. The van der Waals surface area contributed by atoms with E-state index in [-0.39, 0.29) is 11.9 Å². The first kappa shape index (κ1) is 16.2. The van der Waals surface area contributed by atoms with Crippen LogP contribution in [0.2, 0.25) is 0 Å². The smallest absolute Gasteiger partial charge is 0.305 e. The Bertz CT molecular complexity index is 429. The highest BCUT2D eigenvalue weighted by Crippen LogP contribution is 2.02. The van der Waals surface area contributed by atoms with Crippen molar-refractivity contribution in [2.45, 2.75) is 26.3 Å². The molecule has 0 aliphatic rings. The third-order valence-electron chi connectivity index (χ3n) is 2.75. The van der Waals surface area contributed by atoms with Crippen molar-refractivity contribution < 1.29 is 19.1 Å². The van der Waals surface area contributed by atoms with Crippen LogP contribution in [-0.4, -0.2) is 43.3 Å². The van der Waals surface area contributed by atoms with E-state index in [2.05, 4.69) is 5.32 Å². The minimum absolute atomic E-state index is 0.144. The van der Waals surface area contributed by atoms with Gasteiger partial charge in [-0.1, -0.05) is 0 Å². The quantitative estimate of drug-likeness (QED) is 0.546. The number of rotatable bonds is 9. The summed E-state index contributed by atoms with van der Waals surface area (Å²) in [6.07, 6.45) is 2.73. The van der Waals surface area contributed by atoms with E-state index < -0.39 is 0 Å². The van der Waals surface area contributed by atoms with Gasteiger partial charge in [0.1, 0.15) is 5.69 Å². The van der Waals surface area contributed by atoms with Gasteiger partial charge in [0.2, 0.25) is 0 Å². The van der Waals surface area contributed by atoms with E-state index in [1.165, 1.54) is 0 Å². The zero-order valence-corrected chi connectivity index (χ0v) is 12.1. The Kier molecular flexibility index (Phi) is 7.42. The number of nitrogens with zero attached hydrogens (tertiary/aromatic N) is 1. The normalized spacial score (nSPS) is 10.3. The number of carbonyl (C=O) groups excluding carboxylic acids is 2. The lowest BCUT2D eigenvalue weighted by Gasteiger charge is -2.09. The third kappa shape index (κ3) is 5.44. The van der Waals surface area contributed by atoms with Crippen LogP contribution < -0.4 is 5.32 Å². The molecule has 1 aromatic heterocycles. The van der Waals surface area contributed by atoms with Crippen LogP contribution in [0.25, 0.3) is 0 Å². The molecular weight excluding hydrogens is 260 g/mol. The van der Waals surface area contributed by atoms with Crippen LogP contribution in [0, 0.1) is 0 Å². The molecule has 0 aromatic carbocycles. The van der Waals surface area contributed by atoms with Crippen molar-refractivity contribution >= 4 is 11.9 Å². The van der Waals surface area contributed by atoms with Gasteiger partial charge in [-0.15, -0.1) is 0 Å². The number of hydrogen-bond donors (Lipinski definition) is 1. The van der Waals surface area contributed by atoms with Crippen LogP contribution in [0.3, 0.4) is 0 Å². The van der Waals surface area contributed by atoms with E-state index in [4.69, 9.17) is 9.47 Å². The van der Waals surface area contributed by atoms with Crippen molar-refractivity contribution in [1.82, 2.24) is 9.88 Å². The molecule has 20 heavy (non-hydrogen) atoms. The van der Waals surface area contributed by atoms with Gasteiger partial charge >= 0.3 is 5.97 Å². The van der Waals surface area contributed by atoms with E-state index in [0.29, 0.717) is 44.8 Å². The highest BCUT2D eigenvalue weighted by molar-refractivity contribution is 5.92. The monoisotopic (exact) mass is 282 g/mol. The van der Waals surface area contributed by atoms with E-state index in [0.717, 1.165) is 0 Å². The summed E-state index contributed by atoms with van der Waals surface area (Å²) in [6.45, 7) is 3.80. The molecule has 1 rings (SSSR count). The summed E-state index contributed by atoms with van der Waals surface area (Å²) in [4.78, 5) is 23.1. The molecule has 0 unspecified atom stereocenters. The molecule has 1 amide bonds. The molecule has 0 spiro atoms. The van der Waals surface area contributed by atoms with Gasteiger partial charge in [0, 0.05) is 32.8 Å². The second-order valence-electron chi connectivity index (χ2n) is 4.24. The Morgan fingerprint density at radius 1 is 1.40 bits per heavy atom. The van der Waals surface area contributed by atoms with Gasteiger partial charge in [0.15, 0.2) is 0 Å². The van der Waals surface area contributed by atoms with Gasteiger partial charge in [0.25, 0.3) is 5.91 Å². The van der Waals surface area contributed by atoms with Gasteiger partial charge in [-0.3, -0.25) is 9.59 Å². The number of amides is 1. The summed E-state index contributed by atoms with van der Waals surface area (Å²) >= 11 is 0. The maximum absolute atomic E-state index is 12.0. The maximum atomic E-state index is 12.0. The first-order chi connectivity index (χ1) is 9.69. The number of nitrogens with one attached hydrogen (secondary N) is 1. The number of aromatic nitrogens is 1. The fraction of sp³-hybridized carbons (Fsp3) is 0.571.